The van der Waals surface area contributed by atoms with Gasteiger partial charge in [-0.05, 0) is 36.4 Å². The Morgan fingerprint density at radius 3 is 2.56 bits per heavy atom. The van der Waals surface area contributed by atoms with Crippen LogP contribution in [0.2, 0.25) is 0 Å². The molecule has 0 aliphatic carbocycles. The molecule has 0 bridgehead atoms. The molecule has 3 aromatic rings. The van der Waals surface area contributed by atoms with E-state index in [0.717, 1.165) is 42.5 Å². The lowest BCUT2D eigenvalue weighted by Gasteiger charge is -2.37. The maximum atomic E-state index is 12.8. The molecule has 2 heterocycles. The van der Waals surface area contributed by atoms with Crippen molar-refractivity contribution in [1.29, 1.82) is 0 Å². The zero-order chi connectivity index (χ0) is 23.8. The van der Waals surface area contributed by atoms with Crippen LogP contribution < -0.4 is 15.0 Å². The van der Waals surface area contributed by atoms with Crippen LogP contribution in [0.25, 0.3) is 0 Å². The highest BCUT2D eigenvalue weighted by molar-refractivity contribution is 7.99. The summed E-state index contributed by atoms with van der Waals surface area (Å²) >= 11 is 1.45. The number of piperazine rings is 1. The van der Waals surface area contributed by atoms with Gasteiger partial charge in [0, 0.05) is 50.4 Å². The summed E-state index contributed by atoms with van der Waals surface area (Å²) in [6.45, 7) is 4.09. The second-order valence-corrected chi connectivity index (χ2v) is 9.16. The Hall–Kier alpha value is -3.07. The van der Waals surface area contributed by atoms with E-state index in [0.29, 0.717) is 17.1 Å². The molecule has 8 heteroatoms. The zero-order valence-electron chi connectivity index (χ0n) is 19.3. The third-order valence-corrected chi connectivity index (χ3v) is 6.77. The first-order chi connectivity index (χ1) is 16.6. The minimum atomic E-state index is -0.649. The summed E-state index contributed by atoms with van der Waals surface area (Å²) in [7, 11) is 1.69. The van der Waals surface area contributed by atoms with E-state index in [9.17, 15) is 9.90 Å². The highest BCUT2D eigenvalue weighted by Gasteiger charge is 2.22. The van der Waals surface area contributed by atoms with E-state index in [-0.39, 0.29) is 12.5 Å². The topological polar surface area (TPSA) is 77.9 Å². The van der Waals surface area contributed by atoms with Crippen LogP contribution in [0.15, 0.2) is 82.8 Å². The number of anilines is 1. The molecule has 7 nitrogen and oxygen atoms in total. The summed E-state index contributed by atoms with van der Waals surface area (Å²) in [6.07, 6.45) is 1.03. The number of aliphatic hydroxyl groups excluding tert-OH is 1. The van der Waals surface area contributed by atoms with Gasteiger partial charge < -0.3 is 20.1 Å². The lowest BCUT2D eigenvalue weighted by molar-refractivity contribution is 0.0848. The molecule has 1 unspecified atom stereocenters. The normalized spacial score (nSPS) is 15.1. The van der Waals surface area contributed by atoms with Gasteiger partial charge in [0.15, 0.2) is 0 Å². The third kappa shape index (κ3) is 6.28. The lowest BCUT2D eigenvalue weighted by atomic mass is 10.2. The summed E-state index contributed by atoms with van der Waals surface area (Å²) < 4.78 is 5.48. The van der Waals surface area contributed by atoms with E-state index in [1.807, 2.05) is 48.5 Å². The van der Waals surface area contributed by atoms with Crippen molar-refractivity contribution in [3.63, 3.8) is 0 Å². The highest BCUT2D eigenvalue weighted by Crippen LogP contribution is 2.29. The molecule has 34 heavy (non-hydrogen) atoms. The monoisotopic (exact) mass is 478 g/mol. The first-order valence-corrected chi connectivity index (χ1v) is 12.2. The van der Waals surface area contributed by atoms with E-state index in [1.54, 1.807) is 25.4 Å². The Morgan fingerprint density at radius 2 is 1.79 bits per heavy atom. The van der Waals surface area contributed by atoms with Gasteiger partial charge in [0.1, 0.15) is 10.8 Å². The Labute approximate surface area is 204 Å². The van der Waals surface area contributed by atoms with Gasteiger partial charge in [-0.2, -0.15) is 0 Å². The molecule has 0 radical (unpaired) electrons. The Bertz CT molecular complexity index is 1070. The fourth-order valence-corrected chi connectivity index (χ4v) is 4.88. The van der Waals surface area contributed by atoms with Crippen molar-refractivity contribution >= 4 is 23.4 Å². The van der Waals surface area contributed by atoms with Crippen LogP contribution in [-0.4, -0.2) is 73.4 Å². The number of rotatable bonds is 9. The van der Waals surface area contributed by atoms with Gasteiger partial charge >= 0.3 is 0 Å². The van der Waals surface area contributed by atoms with Gasteiger partial charge in [-0.15, -0.1) is 0 Å². The number of pyridine rings is 1. The average Bonchev–Trinajstić information content (AvgIpc) is 2.88. The Morgan fingerprint density at radius 1 is 1.06 bits per heavy atom. The molecule has 1 saturated heterocycles. The number of para-hydroxylation sites is 2. The quantitative estimate of drug-likeness (QED) is 0.489. The lowest BCUT2D eigenvalue weighted by Crippen LogP contribution is -2.50. The standard InChI is InChI=1S/C26H30N4O3S/c1-33-24-12-6-5-11-23(24)30-16-14-29(15-17-30)19-20(31)18-28-25(32)22-10-7-13-27-26(22)34-21-8-3-2-4-9-21/h2-13,20,31H,14-19H2,1H3,(H,28,32). The SMILES string of the molecule is COc1ccccc1N1CCN(CC(O)CNC(=O)c2cccnc2Sc2ccccc2)CC1. The van der Waals surface area contributed by atoms with Gasteiger partial charge in [0.05, 0.1) is 24.5 Å². The second kappa shape index (κ2) is 11.9. The molecular weight excluding hydrogens is 448 g/mol. The van der Waals surface area contributed by atoms with E-state index < -0.39 is 6.10 Å². The minimum absolute atomic E-state index is 0.190. The number of methoxy groups -OCH3 is 1. The van der Waals surface area contributed by atoms with E-state index in [2.05, 4.69) is 26.2 Å². The van der Waals surface area contributed by atoms with Crippen LogP contribution in [0.4, 0.5) is 5.69 Å². The average molecular weight is 479 g/mol. The first kappa shape index (κ1) is 24.1. The van der Waals surface area contributed by atoms with Crippen molar-refractivity contribution in [3.8, 4) is 5.75 Å². The van der Waals surface area contributed by atoms with Crippen molar-refractivity contribution < 1.29 is 14.6 Å². The number of nitrogens with zero attached hydrogens (tertiary/aromatic N) is 3. The van der Waals surface area contributed by atoms with Gasteiger partial charge in [0.25, 0.3) is 5.91 Å². The molecule has 1 amide bonds. The van der Waals surface area contributed by atoms with Crippen LogP contribution in [0.5, 0.6) is 5.75 Å². The molecule has 1 aliphatic heterocycles. The first-order valence-electron chi connectivity index (χ1n) is 11.4. The summed E-state index contributed by atoms with van der Waals surface area (Å²) in [4.78, 5) is 22.7. The van der Waals surface area contributed by atoms with Crippen LogP contribution in [0.3, 0.4) is 0 Å². The fraction of sp³-hybridized carbons (Fsp3) is 0.308. The van der Waals surface area contributed by atoms with Crippen LogP contribution in [0, 0.1) is 0 Å². The third-order valence-electron chi connectivity index (χ3n) is 5.74. The number of hydrogen-bond acceptors (Lipinski definition) is 7. The number of aliphatic hydroxyl groups is 1. The van der Waals surface area contributed by atoms with Crippen LogP contribution >= 0.6 is 11.8 Å². The maximum absolute atomic E-state index is 12.8. The number of carbonyl (C=O) groups excluding carboxylic acids is 1. The highest BCUT2D eigenvalue weighted by atomic mass is 32.2. The number of nitrogens with one attached hydrogen (secondary N) is 1. The number of carbonyl (C=O) groups is 1. The number of β-amino-alcohol motifs (C(OH)–C–C–N with tert-alkyl or cyclic N) is 1. The molecule has 0 saturated carbocycles. The predicted octanol–water partition coefficient (Wildman–Crippen LogP) is 3.15. The summed E-state index contributed by atoms with van der Waals surface area (Å²) in [5.41, 5.74) is 1.60. The molecule has 1 atom stereocenters. The summed E-state index contributed by atoms with van der Waals surface area (Å²) in [6, 6.07) is 21.4. The number of benzene rings is 2. The molecule has 2 N–H and O–H groups in total. The van der Waals surface area contributed by atoms with E-state index in [4.69, 9.17) is 4.74 Å². The van der Waals surface area contributed by atoms with Crippen molar-refractivity contribution in [1.82, 2.24) is 15.2 Å². The van der Waals surface area contributed by atoms with Gasteiger partial charge in [0.2, 0.25) is 0 Å². The van der Waals surface area contributed by atoms with Gasteiger partial charge in [-0.25, -0.2) is 4.98 Å². The zero-order valence-corrected chi connectivity index (χ0v) is 20.1. The summed E-state index contributed by atoms with van der Waals surface area (Å²) in [5.74, 6) is 0.644. The molecule has 1 aromatic heterocycles. The van der Waals surface area contributed by atoms with Gasteiger partial charge in [-0.3, -0.25) is 9.69 Å². The smallest absolute Gasteiger partial charge is 0.254 e. The molecule has 1 fully saturated rings. The number of hydrogen-bond donors (Lipinski definition) is 2. The largest absolute Gasteiger partial charge is 0.495 e. The van der Waals surface area contributed by atoms with E-state index in [1.165, 1.54) is 11.8 Å². The minimum Gasteiger partial charge on any atom is -0.495 e. The molecule has 4 rings (SSSR count). The van der Waals surface area contributed by atoms with E-state index >= 15 is 0 Å². The number of aromatic nitrogens is 1. The second-order valence-electron chi connectivity index (χ2n) is 8.09. The number of ether oxygens (including phenoxy) is 1. The Kier molecular flexibility index (Phi) is 8.41. The predicted molar refractivity (Wildman–Crippen MR) is 135 cm³/mol. The fourth-order valence-electron chi connectivity index (χ4n) is 3.98. The summed E-state index contributed by atoms with van der Waals surface area (Å²) in [5, 5.41) is 14.1. The van der Waals surface area contributed by atoms with Crippen LogP contribution in [0.1, 0.15) is 10.4 Å². The molecule has 178 valence electrons. The van der Waals surface area contributed by atoms with Crippen LogP contribution in [-0.2, 0) is 0 Å². The van der Waals surface area contributed by atoms with Crippen molar-refractivity contribution in [2.75, 3.05) is 51.3 Å². The molecular formula is C26H30N4O3S. The van der Waals surface area contributed by atoms with Gasteiger partial charge in [-0.1, -0.05) is 42.1 Å². The maximum Gasteiger partial charge on any atom is 0.254 e. The Balaban J connectivity index is 1.26. The van der Waals surface area contributed by atoms with Crippen molar-refractivity contribution in [3.05, 3.63) is 78.5 Å². The molecule has 0 spiro atoms. The van der Waals surface area contributed by atoms with Crippen molar-refractivity contribution in [2.24, 2.45) is 0 Å². The van der Waals surface area contributed by atoms with Crippen molar-refractivity contribution in [2.45, 2.75) is 16.0 Å². The number of amides is 1. The molecule has 2 aromatic carbocycles. The molecule has 1 aliphatic rings.